The highest BCUT2D eigenvalue weighted by Crippen LogP contribution is 2.63. The Morgan fingerprint density at radius 2 is 2.00 bits per heavy atom. The normalized spacial score (nSPS) is 36.0. The first kappa shape index (κ1) is 18.1. The molecule has 3 aliphatic carbocycles. The standard InChI is InChI=1S/C20H29NO4S/c1-12-4-7-17-15-6-5-13-10-18(21-26(22,23)24)19(25-3)11-16(13)14(15)8-9-20(12,17)2/h10-12,14-15,17,21H,4-9H2,1-3H3,(H,22,23,24)/t12-,14-,15+,17-,20+/m0/s1. The summed E-state index contributed by atoms with van der Waals surface area (Å²) < 4.78 is 39.2. The third-order valence-electron chi connectivity index (χ3n) is 7.76. The lowest BCUT2D eigenvalue weighted by atomic mass is 9.54. The molecule has 5 nitrogen and oxygen atoms in total. The smallest absolute Gasteiger partial charge is 0.357 e. The molecule has 6 heteroatoms. The van der Waals surface area contributed by atoms with Crippen LogP contribution in [-0.2, 0) is 16.7 Å². The molecule has 0 spiro atoms. The molecule has 144 valence electrons. The van der Waals surface area contributed by atoms with Gasteiger partial charge in [-0.3, -0.25) is 9.27 Å². The molecule has 0 aliphatic heterocycles. The van der Waals surface area contributed by atoms with Crippen LogP contribution in [0.15, 0.2) is 12.1 Å². The lowest BCUT2D eigenvalue weighted by Crippen LogP contribution is -2.41. The van der Waals surface area contributed by atoms with E-state index in [1.807, 2.05) is 12.1 Å². The van der Waals surface area contributed by atoms with Crippen molar-refractivity contribution in [1.82, 2.24) is 0 Å². The van der Waals surface area contributed by atoms with Crippen molar-refractivity contribution >= 4 is 16.0 Å². The highest BCUT2D eigenvalue weighted by atomic mass is 32.2. The molecule has 4 rings (SSSR count). The van der Waals surface area contributed by atoms with E-state index in [1.165, 1.54) is 50.3 Å². The summed E-state index contributed by atoms with van der Waals surface area (Å²) >= 11 is 0. The zero-order valence-electron chi connectivity index (χ0n) is 15.8. The van der Waals surface area contributed by atoms with Gasteiger partial charge in [0.05, 0.1) is 12.8 Å². The molecule has 0 unspecified atom stereocenters. The summed E-state index contributed by atoms with van der Waals surface area (Å²) in [6.45, 7) is 4.92. The fraction of sp³-hybridized carbons (Fsp3) is 0.700. The molecule has 3 aliphatic rings. The maximum absolute atomic E-state index is 11.2. The van der Waals surface area contributed by atoms with Gasteiger partial charge < -0.3 is 4.74 Å². The molecule has 0 heterocycles. The first-order valence-corrected chi connectivity index (χ1v) is 11.1. The van der Waals surface area contributed by atoms with Crippen molar-refractivity contribution in [2.75, 3.05) is 11.8 Å². The van der Waals surface area contributed by atoms with Crippen LogP contribution < -0.4 is 9.46 Å². The van der Waals surface area contributed by atoms with Gasteiger partial charge in [-0.05, 0) is 90.9 Å². The van der Waals surface area contributed by atoms with E-state index in [-0.39, 0.29) is 0 Å². The van der Waals surface area contributed by atoms with Crippen molar-refractivity contribution in [3.63, 3.8) is 0 Å². The Morgan fingerprint density at radius 1 is 1.23 bits per heavy atom. The maximum Gasteiger partial charge on any atom is 0.357 e. The van der Waals surface area contributed by atoms with E-state index >= 15 is 0 Å². The van der Waals surface area contributed by atoms with Gasteiger partial charge in [-0.1, -0.05) is 13.8 Å². The first-order chi connectivity index (χ1) is 12.2. The fourth-order valence-electron chi connectivity index (χ4n) is 6.25. The van der Waals surface area contributed by atoms with Gasteiger partial charge in [-0.15, -0.1) is 0 Å². The Hall–Kier alpha value is -1.27. The molecular weight excluding hydrogens is 350 g/mol. The van der Waals surface area contributed by atoms with Gasteiger partial charge in [0, 0.05) is 0 Å². The molecule has 2 N–H and O–H groups in total. The largest absolute Gasteiger partial charge is 0.495 e. The molecule has 0 aromatic heterocycles. The van der Waals surface area contributed by atoms with Gasteiger partial charge in [0.15, 0.2) is 0 Å². The SMILES string of the molecule is COc1cc2c(cc1NS(=O)(=O)O)CC[C@@H]1[C@@H]2CC[C@]2(C)[C@@H](C)CC[C@@H]12. The van der Waals surface area contributed by atoms with Gasteiger partial charge in [-0.2, -0.15) is 8.42 Å². The van der Waals surface area contributed by atoms with Gasteiger partial charge in [0.2, 0.25) is 0 Å². The molecule has 0 saturated heterocycles. The Bertz CT molecular complexity index is 821. The summed E-state index contributed by atoms with van der Waals surface area (Å²) in [6, 6.07) is 3.85. The van der Waals surface area contributed by atoms with E-state index in [0.717, 1.165) is 24.2 Å². The van der Waals surface area contributed by atoms with Crippen molar-refractivity contribution in [3.8, 4) is 5.75 Å². The summed E-state index contributed by atoms with van der Waals surface area (Å²) in [6.07, 6.45) is 7.28. The molecule has 26 heavy (non-hydrogen) atoms. The molecule has 1 aromatic rings. The minimum atomic E-state index is -4.32. The van der Waals surface area contributed by atoms with E-state index in [9.17, 15) is 8.42 Å². The Morgan fingerprint density at radius 3 is 2.69 bits per heavy atom. The highest BCUT2D eigenvalue weighted by molar-refractivity contribution is 7.87. The summed E-state index contributed by atoms with van der Waals surface area (Å²) in [4.78, 5) is 0. The summed E-state index contributed by atoms with van der Waals surface area (Å²) in [7, 11) is -2.78. The van der Waals surface area contributed by atoms with E-state index in [2.05, 4.69) is 18.6 Å². The topological polar surface area (TPSA) is 75.6 Å². The second kappa shape index (κ2) is 6.13. The number of hydrogen-bond donors (Lipinski definition) is 2. The zero-order chi connectivity index (χ0) is 18.7. The van der Waals surface area contributed by atoms with Crippen LogP contribution in [0.1, 0.15) is 63.0 Å². The summed E-state index contributed by atoms with van der Waals surface area (Å²) in [5, 5.41) is 0. The van der Waals surface area contributed by atoms with Gasteiger partial charge in [0.1, 0.15) is 5.75 Å². The van der Waals surface area contributed by atoms with Crippen molar-refractivity contribution in [1.29, 1.82) is 0 Å². The van der Waals surface area contributed by atoms with E-state index in [4.69, 9.17) is 9.29 Å². The first-order valence-electron chi connectivity index (χ1n) is 9.69. The number of benzene rings is 1. The monoisotopic (exact) mass is 379 g/mol. The number of nitrogens with one attached hydrogen (secondary N) is 1. The van der Waals surface area contributed by atoms with Crippen molar-refractivity contribution in [2.45, 2.75) is 58.3 Å². The molecular formula is C20H29NO4S. The number of aryl methyl sites for hydroxylation is 1. The lowest BCUT2D eigenvalue weighted by molar-refractivity contribution is 0.0336. The molecule has 0 amide bonds. The third-order valence-corrected chi connectivity index (χ3v) is 8.24. The maximum atomic E-state index is 11.2. The third kappa shape index (κ3) is 2.82. The molecule has 0 bridgehead atoms. The van der Waals surface area contributed by atoms with Crippen LogP contribution in [0, 0.1) is 23.2 Å². The molecule has 2 fully saturated rings. The lowest BCUT2D eigenvalue weighted by Gasteiger charge is -2.50. The van der Waals surface area contributed by atoms with E-state index in [0.29, 0.717) is 22.8 Å². The van der Waals surface area contributed by atoms with Crippen LogP contribution in [0.25, 0.3) is 0 Å². The van der Waals surface area contributed by atoms with Crippen LogP contribution in [-0.4, -0.2) is 20.1 Å². The predicted molar refractivity (Wildman–Crippen MR) is 102 cm³/mol. The molecule has 2 saturated carbocycles. The van der Waals surface area contributed by atoms with Crippen LogP contribution in [0.3, 0.4) is 0 Å². The van der Waals surface area contributed by atoms with Crippen molar-refractivity contribution in [3.05, 3.63) is 23.3 Å². The van der Waals surface area contributed by atoms with E-state index in [1.54, 1.807) is 0 Å². The van der Waals surface area contributed by atoms with Crippen LogP contribution >= 0.6 is 0 Å². The Labute approximate surface area is 156 Å². The molecule has 1 aromatic carbocycles. The number of anilines is 1. The molecule has 0 radical (unpaired) electrons. The average molecular weight is 380 g/mol. The van der Waals surface area contributed by atoms with Crippen molar-refractivity contribution in [2.24, 2.45) is 23.2 Å². The summed E-state index contributed by atoms with van der Waals surface area (Å²) in [5.41, 5.74) is 3.31. The predicted octanol–water partition coefficient (Wildman–Crippen LogP) is 4.40. The minimum Gasteiger partial charge on any atom is -0.495 e. The van der Waals surface area contributed by atoms with Crippen LogP contribution in [0.2, 0.25) is 0 Å². The van der Waals surface area contributed by atoms with Crippen LogP contribution in [0.4, 0.5) is 5.69 Å². The summed E-state index contributed by atoms with van der Waals surface area (Å²) in [5.74, 6) is 3.35. The zero-order valence-corrected chi connectivity index (χ0v) is 16.6. The second-order valence-electron chi connectivity index (χ2n) is 8.77. The second-order valence-corrected chi connectivity index (χ2v) is 9.92. The number of methoxy groups -OCH3 is 1. The average Bonchev–Trinajstić information content (AvgIpc) is 2.88. The highest BCUT2D eigenvalue weighted by Gasteiger charge is 2.53. The molecule has 5 atom stereocenters. The van der Waals surface area contributed by atoms with Gasteiger partial charge >= 0.3 is 10.3 Å². The fourth-order valence-corrected chi connectivity index (χ4v) is 6.69. The van der Waals surface area contributed by atoms with Gasteiger partial charge in [-0.25, -0.2) is 0 Å². The number of rotatable bonds is 3. The van der Waals surface area contributed by atoms with E-state index < -0.39 is 10.3 Å². The van der Waals surface area contributed by atoms with Gasteiger partial charge in [0.25, 0.3) is 0 Å². The Kier molecular flexibility index (Phi) is 4.27. The minimum absolute atomic E-state index is 0.322. The number of hydrogen-bond acceptors (Lipinski definition) is 3. The van der Waals surface area contributed by atoms with Crippen molar-refractivity contribution < 1.29 is 17.7 Å². The number of fused-ring (bicyclic) bond motifs is 5. The Balaban J connectivity index is 1.70. The number of ether oxygens (including phenoxy) is 1. The van der Waals surface area contributed by atoms with Crippen LogP contribution in [0.5, 0.6) is 5.75 Å². The quantitative estimate of drug-likeness (QED) is 0.763.